The number of benzene rings is 1. The van der Waals surface area contributed by atoms with Crippen LogP contribution in [0.4, 0.5) is 4.79 Å². The lowest BCUT2D eigenvalue weighted by molar-refractivity contribution is -0.131. The van der Waals surface area contributed by atoms with E-state index in [1.165, 1.54) is 25.2 Å². The van der Waals surface area contributed by atoms with Crippen molar-refractivity contribution in [1.29, 1.82) is 0 Å². The third-order valence-electron chi connectivity index (χ3n) is 3.60. The van der Waals surface area contributed by atoms with Crippen LogP contribution in [0.25, 0.3) is 0 Å². The van der Waals surface area contributed by atoms with Gasteiger partial charge in [-0.15, -0.1) is 0 Å². The number of carbonyl (C=O) groups is 3. The largest absolute Gasteiger partial charge is 0.445 e. The highest BCUT2D eigenvalue weighted by Gasteiger charge is 2.32. The lowest BCUT2D eigenvalue weighted by Crippen LogP contribution is -2.39. The summed E-state index contributed by atoms with van der Waals surface area (Å²) in [5.41, 5.74) is 1.57. The van der Waals surface area contributed by atoms with Crippen molar-refractivity contribution < 1.29 is 19.1 Å². The van der Waals surface area contributed by atoms with Gasteiger partial charge in [0.1, 0.15) is 24.1 Å². The van der Waals surface area contributed by atoms with Crippen LogP contribution in [-0.4, -0.2) is 17.7 Å². The van der Waals surface area contributed by atoms with Gasteiger partial charge in [-0.1, -0.05) is 30.3 Å². The zero-order valence-corrected chi connectivity index (χ0v) is 14.3. The molecule has 24 heavy (non-hydrogen) atoms. The van der Waals surface area contributed by atoms with Crippen LogP contribution in [0.1, 0.15) is 31.0 Å². The molecule has 1 aromatic carbocycles. The van der Waals surface area contributed by atoms with E-state index in [2.05, 4.69) is 5.32 Å². The number of carbonyl (C=O) groups excluding carboxylic acids is 3. The van der Waals surface area contributed by atoms with E-state index >= 15 is 0 Å². The molecule has 1 aromatic heterocycles. The number of ketones is 2. The number of thiophene rings is 1. The maximum atomic E-state index is 12.1. The summed E-state index contributed by atoms with van der Waals surface area (Å²) in [4.78, 5) is 35.9. The molecular weight excluding hydrogens is 326 g/mol. The molecule has 2 rings (SSSR count). The van der Waals surface area contributed by atoms with Crippen molar-refractivity contribution in [2.45, 2.75) is 26.5 Å². The first-order chi connectivity index (χ1) is 11.5. The highest BCUT2D eigenvalue weighted by molar-refractivity contribution is 7.08. The Bertz CT molecular complexity index is 683. The molecule has 6 heteroatoms. The Balaban J connectivity index is 2.09. The molecule has 0 radical (unpaired) electrons. The normalized spacial score (nSPS) is 11.8. The zero-order valence-electron chi connectivity index (χ0n) is 13.5. The molecular formula is C18H19NO4S. The SMILES string of the molecule is CC(=O)C(C(C)=O)[C@@H](NC(=O)OCc1ccccc1)c1ccsc1. The summed E-state index contributed by atoms with van der Waals surface area (Å²) in [6.45, 7) is 2.82. The van der Waals surface area contributed by atoms with Gasteiger partial charge in [0.2, 0.25) is 0 Å². The van der Waals surface area contributed by atoms with E-state index in [1.54, 1.807) is 11.4 Å². The highest BCUT2D eigenvalue weighted by atomic mass is 32.1. The average Bonchev–Trinajstić information content (AvgIpc) is 3.07. The summed E-state index contributed by atoms with van der Waals surface area (Å²) < 4.78 is 5.20. The summed E-state index contributed by atoms with van der Waals surface area (Å²) >= 11 is 1.43. The fourth-order valence-electron chi connectivity index (χ4n) is 2.46. The summed E-state index contributed by atoms with van der Waals surface area (Å²) in [5.74, 6) is -1.51. The number of alkyl carbamates (subject to hydrolysis) is 1. The van der Waals surface area contributed by atoms with Crippen molar-refractivity contribution in [3.8, 4) is 0 Å². The van der Waals surface area contributed by atoms with E-state index in [4.69, 9.17) is 4.74 Å². The van der Waals surface area contributed by atoms with Crippen LogP contribution < -0.4 is 5.32 Å². The number of nitrogens with one attached hydrogen (secondary N) is 1. The molecule has 0 saturated heterocycles. The fraction of sp³-hybridized carbons (Fsp3) is 0.278. The van der Waals surface area contributed by atoms with Gasteiger partial charge in [0.05, 0.1) is 6.04 Å². The van der Waals surface area contributed by atoms with Crippen LogP contribution in [0.15, 0.2) is 47.2 Å². The predicted molar refractivity (Wildman–Crippen MR) is 91.7 cm³/mol. The van der Waals surface area contributed by atoms with Gasteiger partial charge in [0.25, 0.3) is 0 Å². The topological polar surface area (TPSA) is 72.5 Å². The van der Waals surface area contributed by atoms with E-state index < -0.39 is 18.1 Å². The quantitative estimate of drug-likeness (QED) is 0.780. The molecule has 0 aliphatic heterocycles. The molecule has 0 spiro atoms. The van der Waals surface area contributed by atoms with E-state index in [0.717, 1.165) is 5.56 Å². The van der Waals surface area contributed by atoms with Crippen molar-refractivity contribution in [3.63, 3.8) is 0 Å². The Hall–Kier alpha value is -2.47. The lowest BCUT2D eigenvalue weighted by Gasteiger charge is -2.23. The first-order valence-electron chi connectivity index (χ1n) is 7.49. The number of amides is 1. The molecule has 5 nitrogen and oxygen atoms in total. The Labute approximate surface area is 144 Å². The highest BCUT2D eigenvalue weighted by Crippen LogP contribution is 2.26. The zero-order chi connectivity index (χ0) is 17.5. The smallest absolute Gasteiger partial charge is 0.407 e. The molecule has 0 aliphatic carbocycles. The molecule has 1 heterocycles. The van der Waals surface area contributed by atoms with E-state index in [0.29, 0.717) is 5.56 Å². The van der Waals surface area contributed by atoms with Crippen LogP contribution in [0.2, 0.25) is 0 Å². The van der Waals surface area contributed by atoms with Gasteiger partial charge in [0, 0.05) is 0 Å². The number of hydrogen-bond acceptors (Lipinski definition) is 5. The number of rotatable bonds is 7. The van der Waals surface area contributed by atoms with Gasteiger partial charge in [-0.25, -0.2) is 4.79 Å². The molecule has 0 saturated carbocycles. The third kappa shape index (κ3) is 4.76. The summed E-state index contributed by atoms with van der Waals surface area (Å²) in [5, 5.41) is 6.29. The number of hydrogen-bond donors (Lipinski definition) is 1. The van der Waals surface area contributed by atoms with Crippen LogP contribution in [-0.2, 0) is 20.9 Å². The minimum Gasteiger partial charge on any atom is -0.445 e. The first-order valence-corrected chi connectivity index (χ1v) is 8.43. The Kier molecular flexibility index (Phi) is 6.26. The van der Waals surface area contributed by atoms with Crippen LogP contribution in [0, 0.1) is 5.92 Å². The molecule has 0 fully saturated rings. The summed E-state index contributed by atoms with van der Waals surface area (Å²) in [6.07, 6.45) is -0.664. The second-order valence-electron chi connectivity index (χ2n) is 5.44. The molecule has 0 aliphatic rings. The Morgan fingerprint density at radius 1 is 1.08 bits per heavy atom. The Morgan fingerprint density at radius 3 is 2.29 bits per heavy atom. The van der Waals surface area contributed by atoms with Gasteiger partial charge in [-0.05, 0) is 41.8 Å². The standard InChI is InChI=1S/C18H19NO4S/c1-12(20)16(13(2)21)17(15-8-9-24-11-15)19-18(22)23-10-14-6-4-3-5-7-14/h3-9,11,16-17H,10H2,1-2H3,(H,19,22)/t17-/m0/s1. The molecule has 1 amide bonds. The monoisotopic (exact) mass is 345 g/mol. The van der Waals surface area contributed by atoms with Crippen LogP contribution >= 0.6 is 11.3 Å². The second kappa shape index (κ2) is 8.40. The molecule has 0 unspecified atom stereocenters. The number of Topliss-reactive ketones (excluding diaryl/α,β-unsaturated/α-hetero) is 2. The fourth-order valence-corrected chi connectivity index (χ4v) is 3.16. The van der Waals surface area contributed by atoms with Gasteiger partial charge in [-0.2, -0.15) is 11.3 Å². The van der Waals surface area contributed by atoms with E-state index in [-0.39, 0.29) is 18.2 Å². The lowest BCUT2D eigenvalue weighted by atomic mass is 9.88. The average molecular weight is 345 g/mol. The third-order valence-corrected chi connectivity index (χ3v) is 4.30. The molecule has 0 bridgehead atoms. The molecule has 2 aromatic rings. The summed E-state index contributed by atoms with van der Waals surface area (Å²) in [6, 6.07) is 10.3. The summed E-state index contributed by atoms with van der Waals surface area (Å²) in [7, 11) is 0. The Morgan fingerprint density at radius 2 is 1.75 bits per heavy atom. The molecule has 1 N–H and O–H groups in total. The van der Waals surface area contributed by atoms with Gasteiger partial charge < -0.3 is 10.1 Å². The van der Waals surface area contributed by atoms with E-state index in [9.17, 15) is 14.4 Å². The van der Waals surface area contributed by atoms with Gasteiger partial charge >= 0.3 is 6.09 Å². The maximum Gasteiger partial charge on any atom is 0.407 e. The predicted octanol–water partition coefficient (Wildman–Crippen LogP) is 3.51. The van der Waals surface area contributed by atoms with Gasteiger partial charge in [0.15, 0.2) is 0 Å². The van der Waals surface area contributed by atoms with Crippen molar-refractivity contribution >= 4 is 29.0 Å². The first kappa shape index (κ1) is 17.9. The van der Waals surface area contributed by atoms with Crippen molar-refractivity contribution in [2.24, 2.45) is 5.92 Å². The van der Waals surface area contributed by atoms with Crippen LogP contribution in [0.5, 0.6) is 0 Å². The van der Waals surface area contributed by atoms with Crippen molar-refractivity contribution in [3.05, 3.63) is 58.3 Å². The van der Waals surface area contributed by atoms with Crippen molar-refractivity contribution in [2.75, 3.05) is 0 Å². The van der Waals surface area contributed by atoms with Crippen LogP contribution in [0.3, 0.4) is 0 Å². The minimum atomic E-state index is -0.927. The second-order valence-corrected chi connectivity index (χ2v) is 6.22. The minimum absolute atomic E-state index is 0.119. The van der Waals surface area contributed by atoms with Crippen molar-refractivity contribution in [1.82, 2.24) is 5.32 Å². The molecule has 126 valence electrons. The maximum absolute atomic E-state index is 12.1. The van der Waals surface area contributed by atoms with Gasteiger partial charge in [-0.3, -0.25) is 9.59 Å². The number of ether oxygens (including phenoxy) is 1. The van der Waals surface area contributed by atoms with E-state index in [1.807, 2.05) is 35.7 Å². The molecule has 1 atom stereocenters.